The maximum atomic E-state index is 11.1. The van der Waals surface area contributed by atoms with Crippen molar-refractivity contribution in [2.75, 3.05) is 0 Å². The number of aromatic amines is 1. The lowest BCUT2D eigenvalue weighted by atomic mass is 10.2. The van der Waals surface area contributed by atoms with Crippen LogP contribution in [0, 0.1) is 6.92 Å². The topological polar surface area (TPSA) is 63.6 Å². The van der Waals surface area contributed by atoms with Gasteiger partial charge in [-0.2, -0.15) is 5.10 Å². The molecule has 0 fully saturated rings. The van der Waals surface area contributed by atoms with Gasteiger partial charge in [-0.15, -0.1) is 11.3 Å². The SMILES string of the molecule is Cc1cc(=O)[nH]nc1-c1cc(-n2ccnc2)cs1. The molecule has 3 rings (SSSR count). The van der Waals surface area contributed by atoms with E-state index in [1.165, 1.54) is 0 Å². The highest BCUT2D eigenvalue weighted by Gasteiger charge is 2.08. The van der Waals surface area contributed by atoms with Gasteiger partial charge >= 0.3 is 0 Å². The molecule has 0 aromatic carbocycles. The Labute approximate surface area is 107 Å². The average molecular weight is 258 g/mol. The predicted octanol–water partition coefficient (Wildman–Crippen LogP) is 1.99. The third-order valence-corrected chi connectivity index (χ3v) is 3.55. The fraction of sp³-hybridized carbons (Fsp3) is 0.0833. The van der Waals surface area contributed by atoms with Crippen molar-refractivity contribution in [3.8, 4) is 16.3 Å². The van der Waals surface area contributed by atoms with Crippen LogP contribution in [-0.2, 0) is 0 Å². The largest absolute Gasteiger partial charge is 0.305 e. The number of rotatable bonds is 2. The van der Waals surface area contributed by atoms with E-state index in [1.54, 1.807) is 29.9 Å². The minimum atomic E-state index is -0.178. The second-order valence-corrected chi connectivity index (χ2v) is 4.81. The van der Waals surface area contributed by atoms with Gasteiger partial charge in [-0.3, -0.25) is 4.79 Å². The fourth-order valence-electron chi connectivity index (χ4n) is 1.74. The zero-order chi connectivity index (χ0) is 12.5. The number of imidazole rings is 1. The van der Waals surface area contributed by atoms with Gasteiger partial charge in [0.05, 0.1) is 16.9 Å². The minimum absolute atomic E-state index is 0.178. The Balaban J connectivity index is 2.05. The Kier molecular flexibility index (Phi) is 2.56. The molecule has 5 nitrogen and oxygen atoms in total. The van der Waals surface area contributed by atoms with Gasteiger partial charge in [0.25, 0.3) is 5.56 Å². The highest BCUT2D eigenvalue weighted by atomic mass is 32.1. The molecule has 0 amide bonds. The van der Waals surface area contributed by atoms with Gasteiger partial charge in [-0.25, -0.2) is 10.1 Å². The van der Waals surface area contributed by atoms with Crippen LogP contribution in [0.25, 0.3) is 16.3 Å². The number of H-pyrrole nitrogens is 1. The highest BCUT2D eigenvalue weighted by Crippen LogP contribution is 2.28. The average Bonchev–Trinajstić information content (AvgIpc) is 2.99. The summed E-state index contributed by atoms with van der Waals surface area (Å²) in [6.45, 7) is 1.88. The zero-order valence-electron chi connectivity index (χ0n) is 9.62. The van der Waals surface area contributed by atoms with Crippen LogP contribution in [0.5, 0.6) is 0 Å². The van der Waals surface area contributed by atoms with Gasteiger partial charge in [0.2, 0.25) is 0 Å². The number of nitrogens with zero attached hydrogens (tertiary/aromatic N) is 3. The molecule has 0 aliphatic heterocycles. The molecule has 0 atom stereocenters. The van der Waals surface area contributed by atoms with E-state index in [9.17, 15) is 4.79 Å². The first-order valence-electron chi connectivity index (χ1n) is 5.37. The van der Waals surface area contributed by atoms with Crippen LogP contribution in [0.1, 0.15) is 5.56 Å². The second-order valence-electron chi connectivity index (χ2n) is 3.90. The molecule has 3 aromatic heterocycles. The molecule has 18 heavy (non-hydrogen) atoms. The molecule has 3 aromatic rings. The molecule has 0 bridgehead atoms. The van der Waals surface area contributed by atoms with Crippen molar-refractivity contribution >= 4 is 11.3 Å². The summed E-state index contributed by atoms with van der Waals surface area (Å²) in [7, 11) is 0. The summed E-state index contributed by atoms with van der Waals surface area (Å²) in [5.41, 5.74) is 2.55. The molecule has 0 aliphatic carbocycles. The van der Waals surface area contributed by atoms with Gasteiger partial charge in [0, 0.05) is 23.8 Å². The van der Waals surface area contributed by atoms with E-state index in [0.717, 1.165) is 21.8 Å². The molecular weight excluding hydrogens is 248 g/mol. The first-order valence-corrected chi connectivity index (χ1v) is 6.25. The Morgan fingerprint density at radius 3 is 3.00 bits per heavy atom. The smallest absolute Gasteiger partial charge is 0.264 e. The van der Waals surface area contributed by atoms with Gasteiger partial charge in [0.1, 0.15) is 5.69 Å². The summed E-state index contributed by atoms with van der Waals surface area (Å²) >= 11 is 1.59. The van der Waals surface area contributed by atoms with Crippen LogP contribution in [0.4, 0.5) is 0 Å². The number of hydrogen-bond acceptors (Lipinski definition) is 4. The lowest BCUT2D eigenvalue weighted by Crippen LogP contribution is -2.07. The summed E-state index contributed by atoms with van der Waals surface area (Å²) in [6.07, 6.45) is 5.37. The van der Waals surface area contributed by atoms with E-state index in [4.69, 9.17) is 0 Å². The van der Waals surface area contributed by atoms with Crippen LogP contribution in [-0.4, -0.2) is 19.7 Å². The predicted molar refractivity (Wildman–Crippen MR) is 70.0 cm³/mol. The van der Waals surface area contributed by atoms with Crippen molar-refractivity contribution in [2.24, 2.45) is 0 Å². The highest BCUT2D eigenvalue weighted by molar-refractivity contribution is 7.13. The molecule has 1 N–H and O–H groups in total. The summed E-state index contributed by atoms with van der Waals surface area (Å²) in [6, 6.07) is 3.58. The van der Waals surface area contributed by atoms with E-state index in [0.29, 0.717) is 0 Å². The van der Waals surface area contributed by atoms with E-state index in [-0.39, 0.29) is 5.56 Å². The monoisotopic (exact) mass is 258 g/mol. The first kappa shape index (κ1) is 10.9. The molecule has 0 saturated heterocycles. The Hall–Kier alpha value is -2.21. The number of aryl methyl sites for hydroxylation is 1. The normalized spacial score (nSPS) is 10.7. The van der Waals surface area contributed by atoms with E-state index in [1.807, 2.05) is 29.1 Å². The van der Waals surface area contributed by atoms with Crippen LogP contribution < -0.4 is 5.56 Å². The minimum Gasteiger partial charge on any atom is -0.305 e. The van der Waals surface area contributed by atoms with Gasteiger partial charge in [0.15, 0.2) is 0 Å². The van der Waals surface area contributed by atoms with Crippen LogP contribution >= 0.6 is 11.3 Å². The van der Waals surface area contributed by atoms with Crippen molar-refractivity contribution in [3.05, 3.63) is 52.2 Å². The lowest BCUT2D eigenvalue weighted by molar-refractivity contribution is 0.983. The molecule has 6 heteroatoms. The maximum Gasteiger partial charge on any atom is 0.264 e. The Morgan fingerprint density at radius 1 is 1.39 bits per heavy atom. The van der Waals surface area contributed by atoms with Crippen molar-refractivity contribution in [3.63, 3.8) is 0 Å². The molecular formula is C12H10N4OS. The molecule has 3 heterocycles. The van der Waals surface area contributed by atoms with E-state index >= 15 is 0 Å². The molecule has 90 valence electrons. The zero-order valence-corrected chi connectivity index (χ0v) is 10.4. The summed E-state index contributed by atoms with van der Waals surface area (Å²) < 4.78 is 1.93. The molecule has 0 unspecified atom stereocenters. The Morgan fingerprint density at radius 2 is 2.28 bits per heavy atom. The summed E-state index contributed by atoms with van der Waals surface area (Å²) in [4.78, 5) is 16.2. The van der Waals surface area contributed by atoms with Gasteiger partial charge in [-0.05, 0) is 18.6 Å². The second kappa shape index (κ2) is 4.23. The summed E-state index contributed by atoms with van der Waals surface area (Å²) in [5.74, 6) is 0. The maximum absolute atomic E-state index is 11.1. The quantitative estimate of drug-likeness (QED) is 0.764. The number of hydrogen-bond donors (Lipinski definition) is 1. The molecule has 0 spiro atoms. The van der Waals surface area contributed by atoms with Gasteiger partial charge in [-0.1, -0.05) is 0 Å². The van der Waals surface area contributed by atoms with E-state index in [2.05, 4.69) is 15.2 Å². The summed E-state index contributed by atoms with van der Waals surface area (Å²) in [5, 5.41) is 8.59. The number of nitrogens with one attached hydrogen (secondary N) is 1. The number of aromatic nitrogens is 4. The van der Waals surface area contributed by atoms with Gasteiger partial charge < -0.3 is 4.57 Å². The first-order chi connectivity index (χ1) is 8.74. The molecule has 0 aliphatic rings. The van der Waals surface area contributed by atoms with Crippen molar-refractivity contribution < 1.29 is 0 Å². The fourth-order valence-corrected chi connectivity index (χ4v) is 2.69. The molecule has 0 saturated carbocycles. The van der Waals surface area contributed by atoms with Crippen LogP contribution in [0.3, 0.4) is 0 Å². The molecule has 0 radical (unpaired) electrons. The standard InChI is InChI=1S/C12H10N4OS/c1-8-4-11(17)14-15-12(8)10-5-9(6-18-10)16-3-2-13-7-16/h2-7H,1H3,(H,14,17). The van der Waals surface area contributed by atoms with Crippen molar-refractivity contribution in [1.82, 2.24) is 19.7 Å². The Bertz CT molecular complexity index is 727. The van der Waals surface area contributed by atoms with Crippen molar-refractivity contribution in [2.45, 2.75) is 6.92 Å². The van der Waals surface area contributed by atoms with Crippen LogP contribution in [0.15, 0.2) is 41.0 Å². The third kappa shape index (κ3) is 1.86. The van der Waals surface area contributed by atoms with E-state index < -0.39 is 0 Å². The van der Waals surface area contributed by atoms with Crippen LogP contribution in [0.2, 0.25) is 0 Å². The lowest BCUT2D eigenvalue weighted by Gasteiger charge is -1.99. The number of thiophene rings is 1. The third-order valence-electron chi connectivity index (χ3n) is 2.62. The van der Waals surface area contributed by atoms with Crippen molar-refractivity contribution in [1.29, 1.82) is 0 Å².